The zero-order valence-electron chi connectivity index (χ0n) is 22.6. The molecule has 38 heavy (non-hydrogen) atoms. The predicted octanol–water partition coefficient (Wildman–Crippen LogP) is 8.82. The summed E-state index contributed by atoms with van der Waals surface area (Å²) in [6.45, 7) is 8.96. The van der Waals surface area contributed by atoms with Crippen LogP contribution in [0.1, 0.15) is 22.3 Å². The van der Waals surface area contributed by atoms with Crippen LogP contribution in [0, 0.1) is 27.7 Å². The van der Waals surface area contributed by atoms with Crippen LogP contribution in [0.15, 0.2) is 97.2 Å². The molecule has 2 heteroatoms. The van der Waals surface area contributed by atoms with E-state index in [4.69, 9.17) is 0 Å². The molecule has 5 aromatic carbocycles. The van der Waals surface area contributed by atoms with Gasteiger partial charge in [0.15, 0.2) is 6.20 Å². The molecule has 184 valence electrons. The Balaban J connectivity index is 1.49. The summed E-state index contributed by atoms with van der Waals surface area (Å²) in [6, 6.07) is 33.6. The summed E-state index contributed by atoms with van der Waals surface area (Å²) in [5.74, 6) is 0. The fraction of sp³-hybridized carbons (Fsp3) is 0.139. The third kappa shape index (κ3) is 3.16. The Bertz CT molecular complexity index is 2020. The number of aromatic nitrogens is 2. The van der Waals surface area contributed by atoms with Crippen molar-refractivity contribution in [3.05, 3.63) is 119 Å². The van der Waals surface area contributed by atoms with E-state index in [1.54, 1.807) is 0 Å². The zero-order chi connectivity index (χ0) is 26.1. The first-order chi connectivity index (χ1) is 18.4. The van der Waals surface area contributed by atoms with E-state index in [2.05, 4.69) is 141 Å². The molecule has 0 unspecified atom stereocenters. The van der Waals surface area contributed by atoms with Gasteiger partial charge in [-0.05, 0) is 97.1 Å². The zero-order valence-corrected chi connectivity index (χ0v) is 22.6. The van der Waals surface area contributed by atoms with Crippen molar-refractivity contribution in [2.75, 3.05) is 0 Å². The van der Waals surface area contributed by atoms with Crippen LogP contribution in [0.2, 0.25) is 0 Å². The maximum absolute atomic E-state index is 2.39. The SMILES string of the molecule is Cc1cc(-c2c3ccc4cc(-n5c6ccccc6c6ccccc65)ccc4c3cc[n+]2C)c(C)c(C)c1C. The first-order valence-corrected chi connectivity index (χ1v) is 13.4. The van der Waals surface area contributed by atoms with E-state index < -0.39 is 0 Å². The van der Waals surface area contributed by atoms with Crippen molar-refractivity contribution in [1.82, 2.24) is 4.57 Å². The van der Waals surface area contributed by atoms with Crippen LogP contribution in [-0.4, -0.2) is 4.57 Å². The molecular formula is C36H31N2+. The molecule has 0 radical (unpaired) electrons. The van der Waals surface area contributed by atoms with Gasteiger partial charge >= 0.3 is 0 Å². The number of para-hydroxylation sites is 2. The van der Waals surface area contributed by atoms with E-state index >= 15 is 0 Å². The minimum Gasteiger partial charge on any atom is -0.309 e. The number of benzene rings is 5. The van der Waals surface area contributed by atoms with Gasteiger partial charge in [-0.2, -0.15) is 0 Å². The van der Waals surface area contributed by atoms with Gasteiger partial charge in [-0.1, -0.05) is 48.5 Å². The highest BCUT2D eigenvalue weighted by Crippen LogP contribution is 2.37. The lowest BCUT2D eigenvalue weighted by molar-refractivity contribution is -0.659. The maximum atomic E-state index is 2.39. The third-order valence-electron chi connectivity index (χ3n) is 8.69. The van der Waals surface area contributed by atoms with E-state index in [0.717, 1.165) is 0 Å². The van der Waals surface area contributed by atoms with Gasteiger partial charge in [-0.15, -0.1) is 0 Å². The first-order valence-electron chi connectivity index (χ1n) is 13.4. The highest BCUT2D eigenvalue weighted by Gasteiger charge is 2.21. The van der Waals surface area contributed by atoms with Crippen molar-refractivity contribution >= 4 is 43.4 Å². The lowest BCUT2D eigenvalue weighted by atomic mass is 9.90. The van der Waals surface area contributed by atoms with Crippen LogP contribution in [-0.2, 0) is 7.05 Å². The van der Waals surface area contributed by atoms with E-state index in [-0.39, 0.29) is 0 Å². The van der Waals surface area contributed by atoms with Crippen LogP contribution in [0.25, 0.3) is 60.3 Å². The molecule has 0 amide bonds. The van der Waals surface area contributed by atoms with Crippen LogP contribution in [0.4, 0.5) is 0 Å². The van der Waals surface area contributed by atoms with Crippen molar-refractivity contribution in [3.8, 4) is 16.9 Å². The van der Waals surface area contributed by atoms with Gasteiger partial charge in [0.25, 0.3) is 0 Å². The molecule has 2 nitrogen and oxygen atoms in total. The summed E-state index contributed by atoms with van der Waals surface area (Å²) in [5.41, 5.74) is 11.7. The lowest BCUT2D eigenvalue weighted by Crippen LogP contribution is -2.31. The second-order valence-electron chi connectivity index (χ2n) is 10.7. The van der Waals surface area contributed by atoms with Crippen molar-refractivity contribution < 1.29 is 4.57 Å². The molecular weight excluding hydrogens is 460 g/mol. The molecule has 0 bridgehead atoms. The highest BCUT2D eigenvalue weighted by molar-refractivity contribution is 6.12. The molecule has 2 heterocycles. The Kier molecular flexibility index (Phi) is 4.96. The molecule has 0 spiro atoms. The highest BCUT2D eigenvalue weighted by atomic mass is 15.0. The molecule has 7 rings (SSSR count). The Labute approximate surface area is 223 Å². The van der Waals surface area contributed by atoms with Crippen molar-refractivity contribution in [2.24, 2.45) is 7.05 Å². The van der Waals surface area contributed by atoms with Crippen LogP contribution in [0.3, 0.4) is 0 Å². The van der Waals surface area contributed by atoms with Crippen molar-refractivity contribution in [1.29, 1.82) is 0 Å². The van der Waals surface area contributed by atoms with Gasteiger partial charge in [0.2, 0.25) is 5.69 Å². The van der Waals surface area contributed by atoms with E-state index in [1.165, 1.54) is 82.5 Å². The molecule has 7 aromatic rings. The smallest absolute Gasteiger partial charge is 0.220 e. The summed E-state index contributed by atoms with van der Waals surface area (Å²) in [6.07, 6.45) is 2.21. The molecule has 0 N–H and O–H groups in total. The van der Waals surface area contributed by atoms with Gasteiger partial charge in [-0.25, -0.2) is 4.57 Å². The number of hydrogen-bond acceptors (Lipinski definition) is 0. The van der Waals surface area contributed by atoms with E-state index in [9.17, 15) is 0 Å². The quantitative estimate of drug-likeness (QED) is 0.169. The van der Waals surface area contributed by atoms with Crippen molar-refractivity contribution in [2.45, 2.75) is 27.7 Å². The number of hydrogen-bond donors (Lipinski definition) is 0. The van der Waals surface area contributed by atoms with Gasteiger partial charge in [0, 0.05) is 27.9 Å². The topological polar surface area (TPSA) is 8.81 Å². The Morgan fingerprint density at radius 1 is 0.553 bits per heavy atom. The molecule has 2 aromatic heterocycles. The van der Waals surface area contributed by atoms with Gasteiger partial charge in [0.1, 0.15) is 7.05 Å². The van der Waals surface area contributed by atoms with Crippen LogP contribution in [0.5, 0.6) is 0 Å². The number of nitrogens with zero attached hydrogens (tertiary/aromatic N) is 2. The largest absolute Gasteiger partial charge is 0.309 e. The summed E-state index contributed by atoms with van der Waals surface area (Å²) in [4.78, 5) is 0. The summed E-state index contributed by atoms with van der Waals surface area (Å²) < 4.78 is 4.67. The van der Waals surface area contributed by atoms with Crippen molar-refractivity contribution in [3.63, 3.8) is 0 Å². The summed E-state index contributed by atoms with van der Waals surface area (Å²) in [7, 11) is 2.16. The molecule has 0 atom stereocenters. The Morgan fingerprint density at radius 3 is 1.92 bits per heavy atom. The van der Waals surface area contributed by atoms with E-state index in [1.807, 2.05) is 0 Å². The Hall–Kier alpha value is -4.43. The van der Waals surface area contributed by atoms with Gasteiger partial charge in [-0.3, -0.25) is 0 Å². The summed E-state index contributed by atoms with van der Waals surface area (Å²) >= 11 is 0. The van der Waals surface area contributed by atoms with Crippen LogP contribution < -0.4 is 4.57 Å². The normalized spacial score (nSPS) is 11.8. The van der Waals surface area contributed by atoms with Crippen LogP contribution >= 0.6 is 0 Å². The minimum absolute atomic E-state index is 1.19. The molecule has 0 aliphatic rings. The predicted molar refractivity (Wildman–Crippen MR) is 161 cm³/mol. The molecule has 0 fully saturated rings. The number of aryl methyl sites for hydroxylation is 2. The summed E-state index contributed by atoms with van der Waals surface area (Å²) in [5, 5.41) is 7.70. The monoisotopic (exact) mass is 491 g/mol. The minimum atomic E-state index is 1.19. The first kappa shape index (κ1) is 22.7. The molecule has 0 aliphatic heterocycles. The average molecular weight is 492 g/mol. The second kappa shape index (κ2) is 8.29. The Morgan fingerprint density at radius 2 is 1.21 bits per heavy atom. The molecule has 0 saturated heterocycles. The fourth-order valence-electron chi connectivity index (χ4n) is 6.31. The number of fused-ring (bicyclic) bond motifs is 6. The number of rotatable bonds is 2. The average Bonchev–Trinajstić information content (AvgIpc) is 3.28. The second-order valence-corrected chi connectivity index (χ2v) is 10.7. The fourth-order valence-corrected chi connectivity index (χ4v) is 6.31. The van der Waals surface area contributed by atoms with Gasteiger partial charge in [0.05, 0.1) is 22.0 Å². The van der Waals surface area contributed by atoms with Gasteiger partial charge < -0.3 is 4.57 Å². The third-order valence-corrected chi connectivity index (χ3v) is 8.69. The molecule has 0 aliphatic carbocycles. The number of pyridine rings is 1. The maximum Gasteiger partial charge on any atom is 0.220 e. The molecule has 0 saturated carbocycles. The lowest BCUT2D eigenvalue weighted by Gasteiger charge is -2.15. The standard InChI is InChI=1S/C36H31N2/c1-22-20-33(25(4)24(3)23(22)2)36-32-16-14-26-21-27(15-17-28(26)29(32)18-19-37(36)5)38-34-12-8-6-10-30(34)31-11-7-9-13-35(31)38/h6-21H,1-5H3/q+1. The van der Waals surface area contributed by atoms with E-state index in [0.29, 0.717) is 0 Å².